The van der Waals surface area contributed by atoms with Gasteiger partial charge in [-0.05, 0) is 30.5 Å². The van der Waals surface area contributed by atoms with Crippen molar-refractivity contribution in [2.45, 2.75) is 25.8 Å². The van der Waals surface area contributed by atoms with E-state index >= 15 is 0 Å². The Morgan fingerprint density at radius 1 is 1.50 bits per heavy atom. The van der Waals surface area contributed by atoms with Gasteiger partial charge in [-0.2, -0.15) is 0 Å². The Labute approximate surface area is 126 Å². The van der Waals surface area contributed by atoms with E-state index in [4.69, 9.17) is 33.7 Å². The summed E-state index contributed by atoms with van der Waals surface area (Å²) in [5.41, 5.74) is 6.89. The highest BCUT2D eigenvalue weighted by Gasteiger charge is 2.13. The Morgan fingerprint density at radius 2 is 2.17 bits per heavy atom. The molecule has 100 valence electrons. The van der Waals surface area contributed by atoms with Crippen molar-refractivity contribution in [3.05, 3.63) is 38.8 Å². The van der Waals surface area contributed by atoms with Crippen LogP contribution in [0.2, 0.25) is 10.0 Å². The Hall–Kier alpha value is -0.220. The average Bonchev–Trinajstić information content (AvgIpc) is 2.27. The number of rotatable bonds is 6. The lowest BCUT2D eigenvalue weighted by Crippen LogP contribution is -2.21. The zero-order valence-corrected chi connectivity index (χ0v) is 13.3. The van der Waals surface area contributed by atoms with Crippen molar-refractivity contribution in [1.29, 1.82) is 0 Å². The van der Waals surface area contributed by atoms with Crippen LogP contribution in [0.1, 0.15) is 18.9 Å². The van der Waals surface area contributed by atoms with Gasteiger partial charge in [0.15, 0.2) is 0 Å². The first-order valence-corrected chi connectivity index (χ1v) is 7.18. The molecule has 0 aliphatic carbocycles. The summed E-state index contributed by atoms with van der Waals surface area (Å²) in [7, 11) is 0. The van der Waals surface area contributed by atoms with E-state index in [0.717, 1.165) is 16.5 Å². The van der Waals surface area contributed by atoms with Crippen LogP contribution >= 0.6 is 39.1 Å². The molecule has 0 radical (unpaired) electrons. The van der Waals surface area contributed by atoms with Crippen LogP contribution in [0.25, 0.3) is 0 Å². The molecule has 0 bridgehead atoms. The molecule has 1 unspecified atom stereocenters. The van der Waals surface area contributed by atoms with Crippen LogP contribution in [0.15, 0.2) is 23.2 Å². The van der Waals surface area contributed by atoms with Gasteiger partial charge in [0.2, 0.25) is 0 Å². The summed E-state index contributed by atoms with van der Waals surface area (Å²) < 4.78 is 6.39. The van der Waals surface area contributed by atoms with Gasteiger partial charge >= 0.3 is 0 Å². The second kappa shape index (κ2) is 7.39. The maximum Gasteiger partial charge on any atom is 0.141 e. The number of halogens is 3. The Kier molecular flexibility index (Phi) is 6.50. The van der Waals surface area contributed by atoms with E-state index in [1.807, 2.05) is 13.0 Å². The molecule has 1 rings (SSSR count). The first kappa shape index (κ1) is 15.8. The zero-order valence-electron chi connectivity index (χ0n) is 10.2. The number of ether oxygens (including phenoxy) is 1. The van der Waals surface area contributed by atoms with E-state index in [-0.39, 0.29) is 6.04 Å². The molecule has 5 heteroatoms. The minimum absolute atomic E-state index is 0.0639. The molecule has 1 aromatic carbocycles. The summed E-state index contributed by atoms with van der Waals surface area (Å²) in [4.78, 5) is 0. The number of benzene rings is 1. The van der Waals surface area contributed by atoms with Gasteiger partial charge in [0.05, 0.1) is 5.02 Å². The van der Waals surface area contributed by atoms with Crippen molar-refractivity contribution in [2.75, 3.05) is 6.61 Å². The average molecular weight is 353 g/mol. The molecule has 0 amide bonds. The Bertz CT molecular complexity index is 437. The minimum Gasteiger partial charge on any atom is -0.487 e. The monoisotopic (exact) mass is 351 g/mol. The molecule has 18 heavy (non-hydrogen) atoms. The molecule has 0 saturated heterocycles. The van der Waals surface area contributed by atoms with Gasteiger partial charge in [0.25, 0.3) is 0 Å². The summed E-state index contributed by atoms with van der Waals surface area (Å²) in [5.74, 6) is 0.630. The van der Waals surface area contributed by atoms with Crippen molar-refractivity contribution >= 4 is 39.1 Å². The molecule has 0 aliphatic rings. The minimum atomic E-state index is 0.0639. The second-order valence-electron chi connectivity index (χ2n) is 4.05. The van der Waals surface area contributed by atoms with Gasteiger partial charge in [0.1, 0.15) is 12.4 Å². The van der Waals surface area contributed by atoms with Crippen LogP contribution in [-0.4, -0.2) is 12.6 Å². The fraction of sp³-hybridized carbons (Fsp3) is 0.385. The molecule has 0 aliphatic heterocycles. The Balaban J connectivity index is 3.00. The van der Waals surface area contributed by atoms with Crippen molar-refractivity contribution in [1.82, 2.24) is 0 Å². The Morgan fingerprint density at radius 3 is 2.72 bits per heavy atom. The summed E-state index contributed by atoms with van der Waals surface area (Å²) in [6.45, 7) is 6.12. The van der Waals surface area contributed by atoms with Gasteiger partial charge in [-0.1, -0.05) is 52.6 Å². The quantitative estimate of drug-likeness (QED) is 0.814. The van der Waals surface area contributed by atoms with E-state index < -0.39 is 0 Å². The van der Waals surface area contributed by atoms with Crippen molar-refractivity contribution < 1.29 is 4.74 Å². The van der Waals surface area contributed by atoms with Crippen LogP contribution in [0, 0.1) is 0 Å². The number of hydrogen-bond donors (Lipinski definition) is 1. The summed E-state index contributed by atoms with van der Waals surface area (Å²) in [6.07, 6.45) is 1.57. The number of hydrogen-bond acceptors (Lipinski definition) is 2. The first-order chi connectivity index (χ1) is 8.43. The molecule has 0 heterocycles. The lowest BCUT2D eigenvalue weighted by molar-refractivity contribution is 0.356. The summed E-state index contributed by atoms with van der Waals surface area (Å²) >= 11 is 15.4. The van der Waals surface area contributed by atoms with E-state index in [0.29, 0.717) is 28.8 Å². The zero-order chi connectivity index (χ0) is 13.7. The van der Waals surface area contributed by atoms with Crippen molar-refractivity contribution in [3.8, 4) is 5.75 Å². The predicted molar refractivity (Wildman–Crippen MR) is 82.0 cm³/mol. The molecule has 0 aromatic heterocycles. The second-order valence-corrected chi connectivity index (χ2v) is 6.02. The fourth-order valence-corrected chi connectivity index (χ4v) is 2.21. The van der Waals surface area contributed by atoms with E-state index in [1.165, 1.54) is 0 Å². The van der Waals surface area contributed by atoms with Crippen LogP contribution in [0.5, 0.6) is 5.75 Å². The third-order valence-electron chi connectivity index (χ3n) is 2.46. The van der Waals surface area contributed by atoms with Crippen LogP contribution in [0.3, 0.4) is 0 Å². The topological polar surface area (TPSA) is 35.2 Å². The molecule has 0 spiro atoms. The van der Waals surface area contributed by atoms with E-state index in [9.17, 15) is 0 Å². The van der Waals surface area contributed by atoms with Crippen LogP contribution in [-0.2, 0) is 6.42 Å². The van der Waals surface area contributed by atoms with Crippen molar-refractivity contribution in [3.63, 3.8) is 0 Å². The van der Waals surface area contributed by atoms with Gasteiger partial charge in [-0.3, -0.25) is 0 Å². The van der Waals surface area contributed by atoms with Gasteiger partial charge in [-0.25, -0.2) is 0 Å². The lowest BCUT2D eigenvalue weighted by atomic mass is 10.0. The highest BCUT2D eigenvalue weighted by Crippen LogP contribution is 2.33. The molecule has 0 saturated carbocycles. The molecular weight excluding hydrogens is 337 g/mol. The molecule has 0 fully saturated rings. The van der Waals surface area contributed by atoms with E-state index in [2.05, 4.69) is 22.5 Å². The normalized spacial score (nSPS) is 12.3. The maximum atomic E-state index is 6.15. The van der Waals surface area contributed by atoms with Gasteiger partial charge in [-0.15, -0.1) is 0 Å². The van der Waals surface area contributed by atoms with Crippen LogP contribution in [0.4, 0.5) is 0 Å². The molecule has 1 atom stereocenters. The molecular formula is C13H16BrCl2NO. The van der Waals surface area contributed by atoms with Gasteiger partial charge in [0, 0.05) is 15.5 Å². The predicted octanol–water partition coefficient (Wildman–Crippen LogP) is 4.56. The lowest BCUT2D eigenvalue weighted by Gasteiger charge is -2.16. The van der Waals surface area contributed by atoms with Crippen LogP contribution < -0.4 is 10.5 Å². The molecule has 2 nitrogen and oxygen atoms in total. The largest absolute Gasteiger partial charge is 0.487 e. The van der Waals surface area contributed by atoms with Crippen molar-refractivity contribution in [2.24, 2.45) is 5.73 Å². The highest BCUT2D eigenvalue weighted by atomic mass is 79.9. The number of nitrogens with two attached hydrogens (primary N) is 1. The highest BCUT2D eigenvalue weighted by molar-refractivity contribution is 9.11. The summed E-state index contributed by atoms with van der Waals surface area (Å²) in [5, 5.41) is 1.08. The fourth-order valence-electron chi connectivity index (χ4n) is 1.50. The third kappa shape index (κ3) is 4.81. The SMILES string of the molecule is C=C(Br)COc1c(Cl)cc(Cl)cc1CC(N)CC. The van der Waals surface area contributed by atoms with E-state index in [1.54, 1.807) is 6.07 Å². The standard InChI is InChI=1S/C13H16BrCl2NO/c1-3-11(17)5-9-4-10(15)6-12(16)13(9)18-7-8(2)14/h4,6,11H,2-3,5,7,17H2,1H3. The molecule has 1 aromatic rings. The van der Waals surface area contributed by atoms with Gasteiger partial charge < -0.3 is 10.5 Å². The molecule has 2 N–H and O–H groups in total. The summed E-state index contributed by atoms with van der Waals surface area (Å²) in [6, 6.07) is 3.57. The first-order valence-electron chi connectivity index (χ1n) is 5.63. The smallest absolute Gasteiger partial charge is 0.141 e. The maximum absolute atomic E-state index is 6.15. The third-order valence-corrected chi connectivity index (χ3v) is 3.19.